The predicted molar refractivity (Wildman–Crippen MR) is 149 cm³/mol. The van der Waals surface area contributed by atoms with Crippen LogP contribution in [-0.2, 0) is 6.54 Å². The summed E-state index contributed by atoms with van der Waals surface area (Å²) in [5.74, 6) is 0.835. The largest absolute Gasteiger partial charge is 0.541 e. The summed E-state index contributed by atoms with van der Waals surface area (Å²) >= 11 is 2.36. The van der Waals surface area contributed by atoms with Gasteiger partial charge in [-0.25, -0.2) is 0 Å². The smallest absolute Gasteiger partial charge is 0.258 e. The minimum Gasteiger partial charge on any atom is -0.541 e. The van der Waals surface area contributed by atoms with Gasteiger partial charge in [0.25, 0.3) is 8.32 Å². The van der Waals surface area contributed by atoms with Crippen molar-refractivity contribution < 1.29 is 4.43 Å². The minimum atomic E-state index is -2.05. The molecule has 1 aliphatic rings. The van der Waals surface area contributed by atoms with E-state index >= 15 is 0 Å². The van der Waals surface area contributed by atoms with Gasteiger partial charge in [-0.1, -0.05) is 53.7 Å². The highest BCUT2D eigenvalue weighted by Gasteiger charge is 2.47. The second-order valence-corrected chi connectivity index (χ2v) is 16.2. The number of hydrogen-bond donors (Lipinski definition) is 2. The molecule has 0 spiro atoms. The molecule has 0 bridgehead atoms. The van der Waals surface area contributed by atoms with E-state index in [0.29, 0.717) is 29.7 Å². The average molecular weight is 562 g/mol. The van der Waals surface area contributed by atoms with Crippen molar-refractivity contribution in [1.29, 1.82) is 0 Å². The van der Waals surface area contributed by atoms with Crippen LogP contribution >= 0.6 is 22.6 Å². The lowest BCUT2D eigenvalue weighted by Crippen LogP contribution is -2.50. The van der Waals surface area contributed by atoms with E-state index in [1.165, 1.54) is 20.3 Å². The maximum Gasteiger partial charge on any atom is 0.258 e. The maximum absolute atomic E-state index is 6.86. The lowest BCUT2D eigenvalue weighted by Gasteiger charge is -2.42. The maximum atomic E-state index is 6.86. The van der Waals surface area contributed by atoms with Crippen LogP contribution in [0.25, 0.3) is 5.57 Å². The standard InChI is InChI=1S/C26H36IN3OSi/c1-17(2)32(18(3)4,19(5)6)31-26-11-20(7-10-25(26)28)13-29-15-22-16-30-14-21-8-9-23(27)12-24(21)22/h7-12,14-15,17-19,29H,13,16,28H2,1-6H3/b22-15+. The number of benzene rings is 2. The first kappa shape index (κ1) is 24.8. The zero-order valence-electron chi connectivity index (χ0n) is 20.1. The topological polar surface area (TPSA) is 59.6 Å². The van der Waals surface area contributed by atoms with E-state index in [1.54, 1.807) is 0 Å². The van der Waals surface area contributed by atoms with Crippen molar-refractivity contribution in [2.24, 2.45) is 4.99 Å². The molecule has 0 radical (unpaired) electrons. The number of aliphatic imine (C=N–C) groups is 1. The Hall–Kier alpha value is -1.80. The van der Waals surface area contributed by atoms with Crippen molar-refractivity contribution in [2.75, 3.05) is 12.3 Å². The van der Waals surface area contributed by atoms with Gasteiger partial charge in [-0.3, -0.25) is 4.99 Å². The van der Waals surface area contributed by atoms with Gasteiger partial charge >= 0.3 is 0 Å². The van der Waals surface area contributed by atoms with Crippen LogP contribution in [-0.4, -0.2) is 21.1 Å². The summed E-state index contributed by atoms with van der Waals surface area (Å²) in [5.41, 5.74) is 13.4. The van der Waals surface area contributed by atoms with E-state index in [9.17, 15) is 0 Å². The van der Waals surface area contributed by atoms with Gasteiger partial charge in [0.05, 0.1) is 12.2 Å². The summed E-state index contributed by atoms with van der Waals surface area (Å²) in [6.07, 6.45) is 4.05. The molecule has 0 aliphatic carbocycles. The first-order valence-corrected chi connectivity index (χ1v) is 14.7. The Bertz CT molecular complexity index is 992. The summed E-state index contributed by atoms with van der Waals surface area (Å²) in [6, 6.07) is 12.6. The van der Waals surface area contributed by atoms with Crippen molar-refractivity contribution in [3.63, 3.8) is 0 Å². The van der Waals surface area contributed by atoms with E-state index in [2.05, 4.69) is 111 Å². The fraction of sp³-hybridized carbons (Fsp3) is 0.423. The number of nitrogens with two attached hydrogens (primary N) is 1. The molecule has 0 amide bonds. The van der Waals surface area contributed by atoms with Crippen LogP contribution in [0.15, 0.2) is 47.6 Å². The van der Waals surface area contributed by atoms with Crippen molar-refractivity contribution in [2.45, 2.75) is 64.7 Å². The zero-order chi connectivity index (χ0) is 23.5. The molecule has 32 heavy (non-hydrogen) atoms. The van der Waals surface area contributed by atoms with Gasteiger partial charge < -0.3 is 15.5 Å². The highest BCUT2D eigenvalue weighted by molar-refractivity contribution is 14.1. The Kier molecular flexibility index (Phi) is 8.09. The number of anilines is 1. The summed E-state index contributed by atoms with van der Waals surface area (Å²) in [4.78, 5) is 4.50. The first-order chi connectivity index (χ1) is 15.1. The number of hydrogen-bond acceptors (Lipinski definition) is 4. The lowest BCUT2D eigenvalue weighted by molar-refractivity contribution is 0.481. The zero-order valence-corrected chi connectivity index (χ0v) is 23.2. The molecule has 0 atom stereocenters. The number of nitrogen functional groups attached to an aromatic ring is 1. The van der Waals surface area contributed by atoms with Gasteiger partial charge in [-0.2, -0.15) is 0 Å². The Morgan fingerprint density at radius 1 is 1.06 bits per heavy atom. The number of fused-ring (bicyclic) bond motifs is 1. The predicted octanol–water partition coefficient (Wildman–Crippen LogP) is 6.99. The quantitative estimate of drug-likeness (QED) is 0.208. The fourth-order valence-corrected chi connectivity index (χ4v) is 10.7. The monoisotopic (exact) mass is 561 g/mol. The molecule has 0 fully saturated rings. The molecule has 2 aromatic rings. The van der Waals surface area contributed by atoms with E-state index < -0.39 is 8.32 Å². The number of halogens is 1. The highest BCUT2D eigenvalue weighted by atomic mass is 127. The number of nitrogens with one attached hydrogen (secondary N) is 1. The normalized spacial score (nSPS) is 15.0. The first-order valence-electron chi connectivity index (χ1n) is 11.4. The van der Waals surface area contributed by atoms with E-state index in [4.69, 9.17) is 10.2 Å². The Morgan fingerprint density at radius 2 is 1.75 bits per heavy atom. The Balaban J connectivity index is 1.79. The molecule has 2 aromatic carbocycles. The SMILES string of the molecule is CC(C)[Si](Oc1cc(CN/C=C2\CN=Cc3ccc(I)cc32)ccc1N)(C(C)C)C(C)C. The molecule has 0 aromatic heterocycles. The molecule has 0 saturated carbocycles. The lowest BCUT2D eigenvalue weighted by atomic mass is 9.99. The Morgan fingerprint density at radius 3 is 2.41 bits per heavy atom. The molecule has 0 saturated heterocycles. The summed E-state index contributed by atoms with van der Waals surface area (Å²) < 4.78 is 8.10. The van der Waals surface area contributed by atoms with Crippen LogP contribution < -0.4 is 15.5 Å². The fourth-order valence-electron chi connectivity index (χ4n) is 4.98. The molecular formula is C26H36IN3OSi. The molecule has 3 rings (SSSR count). The van der Waals surface area contributed by atoms with Gasteiger partial charge in [0.15, 0.2) is 0 Å². The van der Waals surface area contributed by atoms with E-state index in [0.717, 1.165) is 17.0 Å². The Labute approximate surface area is 208 Å². The van der Waals surface area contributed by atoms with Gasteiger partial charge in [0.1, 0.15) is 5.75 Å². The van der Waals surface area contributed by atoms with E-state index in [1.807, 2.05) is 12.3 Å². The molecule has 6 heteroatoms. The third kappa shape index (κ3) is 5.22. The van der Waals surface area contributed by atoms with Crippen LogP contribution in [0.5, 0.6) is 5.75 Å². The van der Waals surface area contributed by atoms with Crippen LogP contribution in [0.4, 0.5) is 5.69 Å². The van der Waals surface area contributed by atoms with E-state index in [-0.39, 0.29) is 0 Å². The molecule has 3 N–H and O–H groups in total. The van der Waals surface area contributed by atoms with Crippen LogP contribution in [0.2, 0.25) is 16.6 Å². The molecule has 172 valence electrons. The molecule has 1 heterocycles. The molecular weight excluding hydrogens is 525 g/mol. The summed E-state index contributed by atoms with van der Waals surface area (Å²) in [6.45, 7) is 15.2. The average Bonchev–Trinajstić information content (AvgIpc) is 2.73. The van der Waals surface area contributed by atoms with Gasteiger partial charge in [0.2, 0.25) is 0 Å². The minimum absolute atomic E-state index is 0.503. The van der Waals surface area contributed by atoms with Crippen LogP contribution in [0.1, 0.15) is 58.2 Å². The second-order valence-electron chi connectivity index (χ2n) is 9.54. The number of rotatable bonds is 8. The van der Waals surface area contributed by atoms with Crippen molar-refractivity contribution in [3.05, 3.63) is 62.9 Å². The number of nitrogens with zero attached hydrogens (tertiary/aromatic N) is 1. The van der Waals surface area contributed by atoms with Crippen molar-refractivity contribution in [1.82, 2.24) is 5.32 Å². The summed E-state index contributed by atoms with van der Waals surface area (Å²) in [7, 11) is -2.05. The third-order valence-corrected chi connectivity index (χ3v) is 13.2. The van der Waals surface area contributed by atoms with Crippen LogP contribution in [0, 0.1) is 3.57 Å². The molecule has 4 nitrogen and oxygen atoms in total. The van der Waals surface area contributed by atoms with Gasteiger partial charge in [-0.05, 0) is 85.7 Å². The molecule has 0 unspecified atom stereocenters. The van der Waals surface area contributed by atoms with Gasteiger partial charge in [0, 0.05) is 22.5 Å². The van der Waals surface area contributed by atoms with Crippen LogP contribution in [0.3, 0.4) is 0 Å². The van der Waals surface area contributed by atoms with Crippen molar-refractivity contribution in [3.8, 4) is 5.75 Å². The highest BCUT2D eigenvalue weighted by Crippen LogP contribution is 2.44. The summed E-state index contributed by atoms with van der Waals surface area (Å²) in [5, 5.41) is 3.49. The van der Waals surface area contributed by atoms with Gasteiger partial charge in [-0.15, -0.1) is 0 Å². The van der Waals surface area contributed by atoms with Crippen molar-refractivity contribution >= 4 is 48.4 Å². The third-order valence-electron chi connectivity index (χ3n) is 6.51. The molecule has 1 aliphatic heterocycles. The second kappa shape index (κ2) is 10.4.